The highest BCUT2D eigenvalue weighted by Crippen LogP contribution is 2.32. The molecule has 39 heavy (non-hydrogen) atoms. The maximum atomic E-state index is 13.9. The van der Waals surface area contributed by atoms with E-state index in [4.69, 9.17) is 14.2 Å². The van der Waals surface area contributed by atoms with Crippen LogP contribution >= 0.6 is 0 Å². The van der Waals surface area contributed by atoms with Crippen molar-refractivity contribution in [3.63, 3.8) is 0 Å². The quantitative estimate of drug-likeness (QED) is 0.322. The Balaban J connectivity index is 1.29. The molecule has 4 aromatic rings. The number of fused-ring (bicyclic) bond motifs is 1. The van der Waals surface area contributed by atoms with Gasteiger partial charge in [0.1, 0.15) is 11.6 Å². The third kappa shape index (κ3) is 6.35. The van der Waals surface area contributed by atoms with E-state index in [1.807, 2.05) is 30.3 Å². The van der Waals surface area contributed by atoms with Crippen molar-refractivity contribution in [2.45, 2.75) is 19.5 Å². The van der Waals surface area contributed by atoms with Crippen LogP contribution in [0.3, 0.4) is 0 Å². The van der Waals surface area contributed by atoms with Gasteiger partial charge in [-0.2, -0.15) is 0 Å². The molecule has 1 heterocycles. The van der Waals surface area contributed by atoms with Crippen molar-refractivity contribution in [3.8, 4) is 17.2 Å². The second-order valence-corrected chi connectivity index (χ2v) is 9.06. The Morgan fingerprint density at radius 3 is 2.44 bits per heavy atom. The van der Waals surface area contributed by atoms with Crippen LogP contribution in [-0.4, -0.2) is 25.7 Å². The summed E-state index contributed by atoms with van der Waals surface area (Å²) in [6.45, 7) is 0.735. The number of methoxy groups -OCH3 is 1. The molecule has 0 bridgehead atoms. The van der Waals surface area contributed by atoms with Crippen LogP contribution in [0.15, 0.2) is 91.0 Å². The van der Waals surface area contributed by atoms with E-state index < -0.39 is 0 Å². The summed E-state index contributed by atoms with van der Waals surface area (Å²) in [5.41, 5.74) is 3.42. The van der Waals surface area contributed by atoms with Gasteiger partial charge in [-0.25, -0.2) is 4.39 Å². The molecule has 0 fully saturated rings. The Kier molecular flexibility index (Phi) is 7.73. The molecule has 7 nitrogen and oxygen atoms in total. The summed E-state index contributed by atoms with van der Waals surface area (Å²) < 4.78 is 29.9. The van der Waals surface area contributed by atoms with E-state index in [1.54, 1.807) is 53.4 Å². The molecule has 0 atom stereocenters. The molecule has 0 radical (unpaired) electrons. The minimum Gasteiger partial charge on any atom is -0.497 e. The molecule has 0 saturated carbocycles. The molecular formula is C31H27FN2O5. The zero-order valence-corrected chi connectivity index (χ0v) is 21.4. The number of carbonyl (C=O) groups excluding carboxylic acids is 2. The minimum absolute atomic E-state index is 0.135. The van der Waals surface area contributed by atoms with Crippen LogP contribution in [0.1, 0.15) is 27.0 Å². The summed E-state index contributed by atoms with van der Waals surface area (Å²) >= 11 is 0. The summed E-state index contributed by atoms with van der Waals surface area (Å²) in [5, 5.41) is 2.92. The van der Waals surface area contributed by atoms with E-state index in [-0.39, 0.29) is 37.4 Å². The summed E-state index contributed by atoms with van der Waals surface area (Å²) in [5.74, 6) is 1.17. The van der Waals surface area contributed by atoms with Crippen molar-refractivity contribution in [3.05, 3.63) is 119 Å². The number of nitrogens with one attached hydrogen (secondary N) is 1. The molecule has 1 aliphatic heterocycles. The Hall–Kier alpha value is -4.85. The molecule has 0 saturated heterocycles. The summed E-state index contributed by atoms with van der Waals surface area (Å²) in [7, 11) is 1.54. The van der Waals surface area contributed by atoms with Crippen molar-refractivity contribution >= 4 is 17.5 Å². The fraction of sp³-hybridized carbons (Fsp3) is 0.161. The number of halogens is 1. The van der Waals surface area contributed by atoms with Crippen LogP contribution < -0.4 is 24.4 Å². The first kappa shape index (κ1) is 25.8. The van der Waals surface area contributed by atoms with Gasteiger partial charge in [0.05, 0.1) is 20.1 Å². The maximum Gasteiger partial charge on any atom is 0.258 e. The predicted molar refractivity (Wildman–Crippen MR) is 144 cm³/mol. The number of amides is 2. The molecule has 0 aliphatic carbocycles. The molecular weight excluding hydrogens is 499 g/mol. The molecule has 0 aromatic heterocycles. The zero-order chi connectivity index (χ0) is 27.2. The SMILES string of the molecule is COc1cccc(C(=O)N(Cc2cccc(F)c2)c2ccc(CC(=O)NCc3ccc4c(c3)OCO4)cc2)c1. The lowest BCUT2D eigenvalue weighted by molar-refractivity contribution is -0.120. The fourth-order valence-corrected chi connectivity index (χ4v) is 4.30. The number of ether oxygens (including phenoxy) is 3. The summed E-state index contributed by atoms with van der Waals surface area (Å²) in [4.78, 5) is 27.7. The highest BCUT2D eigenvalue weighted by atomic mass is 19.1. The van der Waals surface area contributed by atoms with E-state index in [2.05, 4.69) is 5.32 Å². The van der Waals surface area contributed by atoms with Gasteiger partial charge < -0.3 is 24.4 Å². The molecule has 5 rings (SSSR count). The maximum absolute atomic E-state index is 13.9. The average molecular weight is 527 g/mol. The molecule has 0 unspecified atom stereocenters. The zero-order valence-electron chi connectivity index (χ0n) is 21.4. The normalized spacial score (nSPS) is 11.6. The van der Waals surface area contributed by atoms with Gasteiger partial charge >= 0.3 is 0 Å². The highest BCUT2D eigenvalue weighted by Gasteiger charge is 2.20. The Morgan fingerprint density at radius 2 is 1.64 bits per heavy atom. The van der Waals surface area contributed by atoms with Crippen LogP contribution in [0, 0.1) is 5.82 Å². The first-order valence-electron chi connectivity index (χ1n) is 12.4. The van der Waals surface area contributed by atoms with E-state index in [9.17, 15) is 14.0 Å². The Morgan fingerprint density at radius 1 is 0.872 bits per heavy atom. The lowest BCUT2D eigenvalue weighted by Crippen LogP contribution is -2.30. The number of anilines is 1. The molecule has 1 aliphatic rings. The van der Waals surface area contributed by atoms with Crippen LogP contribution in [0.4, 0.5) is 10.1 Å². The van der Waals surface area contributed by atoms with Gasteiger partial charge in [-0.15, -0.1) is 0 Å². The number of hydrogen-bond acceptors (Lipinski definition) is 5. The second kappa shape index (κ2) is 11.7. The number of hydrogen-bond donors (Lipinski definition) is 1. The van der Waals surface area contributed by atoms with Gasteiger partial charge in [-0.05, 0) is 71.3 Å². The van der Waals surface area contributed by atoms with E-state index in [0.29, 0.717) is 40.6 Å². The largest absolute Gasteiger partial charge is 0.497 e. The van der Waals surface area contributed by atoms with E-state index in [1.165, 1.54) is 19.2 Å². The summed E-state index contributed by atoms with van der Waals surface area (Å²) in [6.07, 6.45) is 0.179. The predicted octanol–water partition coefficient (Wildman–Crippen LogP) is 5.27. The van der Waals surface area contributed by atoms with Crippen molar-refractivity contribution < 1.29 is 28.2 Å². The Labute approximate surface area is 225 Å². The average Bonchev–Trinajstić information content (AvgIpc) is 3.43. The molecule has 1 N–H and O–H groups in total. The molecule has 8 heteroatoms. The molecule has 198 valence electrons. The minimum atomic E-state index is -0.372. The number of carbonyl (C=O) groups is 2. The van der Waals surface area contributed by atoms with Gasteiger partial charge in [0, 0.05) is 17.8 Å². The monoisotopic (exact) mass is 526 g/mol. The smallest absolute Gasteiger partial charge is 0.258 e. The molecule has 2 amide bonds. The van der Waals surface area contributed by atoms with Crippen LogP contribution in [-0.2, 0) is 24.3 Å². The van der Waals surface area contributed by atoms with Crippen LogP contribution in [0.25, 0.3) is 0 Å². The first-order chi connectivity index (χ1) is 19.0. The highest BCUT2D eigenvalue weighted by molar-refractivity contribution is 6.06. The molecule has 0 spiro atoms. The van der Waals surface area contributed by atoms with Gasteiger partial charge in [-0.3, -0.25) is 9.59 Å². The van der Waals surface area contributed by atoms with Gasteiger partial charge in [-0.1, -0.05) is 36.4 Å². The van der Waals surface area contributed by atoms with Crippen LogP contribution in [0.5, 0.6) is 17.2 Å². The van der Waals surface area contributed by atoms with E-state index in [0.717, 1.165) is 11.1 Å². The fourth-order valence-electron chi connectivity index (χ4n) is 4.30. The third-order valence-electron chi connectivity index (χ3n) is 6.33. The molecule has 4 aromatic carbocycles. The van der Waals surface area contributed by atoms with E-state index >= 15 is 0 Å². The lowest BCUT2D eigenvalue weighted by Gasteiger charge is -2.24. The third-order valence-corrected chi connectivity index (χ3v) is 6.33. The number of nitrogens with zero attached hydrogens (tertiary/aromatic N) is 1. The topological polar surface area (TPSA) is 77.1 Å². The van der Waals surface area contributed by atoms with Crippen molar-refractivity contribution in [1.29, 1.82) is 0 Å². The van der Waals surface area contributed by atoms with Gasteiger partial charge in [0.25, 0.3) is 5.91 Å². The van der Waals surface area contributed by atoms with Gasteiger partial charge in [0.15, 0.2) is 11.5 Å². The first-order valence-corrected chi connectivity index (χ1v) is 12.4. The van der Waals surface area contributed by atoms with Crippen molar-refractivity contribution in [1.82, 2.24) is 5.32 Å². The second-order valence-electron chi connectivity index (χ2n) is 9.06. The Bertz CT molecular complexity index is 1490. The lowest BCUT2D eigenvalue weighted by atomic mass is 10.1. The number of rotatable bonds is 9. The van der Waals surface area contributed by atoms with Crippen LogP contribution in [0.2, 0.25) is 0 Å². The van der Waals surface area contributed by atoms with Crippen molar-refractivity contribution in [2.75, 3.05) is 18.8 Å². The number of benzene rings is 4. The summed E-state index contributed by atoms with van der Waals surface area (Å²) in [6, 6.07) is 25.8. The van der Waals surface area contributed by atoms with Gasteiger partial charge in [0.2, 0.25) is 12.7 Å². The van der Waals surface area contributed by atoms with Crippen molar-refractivity contribution in [2.24, 2.45) is 0 Å². The standard InChI is InChI=1S/C31H27FN2O5/c1-37-27-7-3-5-24(17-27)31(36)34(19-23-4-2-6-25(32)14-23)26-11-8-21(9-12-26)16-30(35)33-18-22-10-13-28-29(15-22)39-20-38-28/h2-15,17H,16,18-20H2,1H3,(H,33,35).